The fourth-order valence-electron chi connectivity index (χ4n) is 1.19. The molecule has 2 N–H and O–H groups in total. The van der Waals surface area contributed by atoms with Gasteiger partial charge in [0.15, 0.2) is 0 Å². The summed E-state index contributed by atoms with van der Waals surface area (Å²) in [5.74, 6) is -1.71. The van der Waals surface area contributed by atoms with Crippen molar-refractivity contribution in [3.05, 3.63) is 29.0 Å². The molecule has 90 valence electrons. The molecule has 0 spiro atoms. The van der Waals surface area contributed by atoms with Crippen LogP contribution in [0.1, 0.15) is 5.01 Å². The van der Waals surface area contributed by atoms with Crippen molar-refractivity contribution < 1.29 is 23.4 Å². The fraction of sp³-hybridized carbons (Fsp3) is 0.100. The van der Waals surface area contributed by atoms with Gasteiger partial charge >= 0.3 is 6.18 Å². The number of alkyl halides is 3. The number of benzene rings is 1. The summed E-state index contributed by atoms with van der Waals surface area (Å²) in [5, 5.41) is 18.0. The van der Waals surface area contributed by atoms with E-state index in [0.29, 0.717) is 16.3 Å². The summed E-state index contributed by atoms with van der Waals surface area (Å²) in [6.07, 6.45) is -4.22. The van der Waals surface area contributed by atoms with Crippen LogP contribution in [-0.4, -0.2) is 21.4 Å². The molecule has 0 aliphatic rings. The van der Waals surface area contributed by atoms with Crippen molar-refractivity contribution >= 4 is 27.6 Å². The number of nitrogens with zero attached hydrogens (tertiary/aromatic N) is 1. The number of halogens is 3. The second-order valence-corrected chi connectivity index (χ2v) is 4.29. The first-order valence-corrected chi connectivity index (χ1v) is 5.25. The topological polar surface area (TPSA) is 53.4 Å². The Morgan fingerprint density at radius 3 is 2.71 bits per heavy atom. The lowest BCUT2D eigenvalue weighted by atomic mass is 10.3. The number of hydrogen-bond donors (Lipinski definition) is 2. The third kappa shape index (κ3) is 2.50. The van der Waals surface area contributed by atoms with E-state index in [1.165, 1.54) is 12.1 Å². The van der Waals surface area contributed by atoms with Gasteiger partial charge in [0.2, 0.25) is 5.76 Å². The molecule has 1 heterocycles. The van der Waals surface area contributed by atoms with Gasteiger partial charge in [-0.25, -0.2) is 4.98 Å². The second-order valence-electron chi connectivity index (χ2n) is 3.23. The van der Waals surface area contributed by atoms with E-state index in [2.05, 4.69) is 4.98 Å². The lowest BCUT2D eigenvalue weighted by molar-refractivity contribution is -0.119. The van der Waals surface area contributed by atoms with Crippen LogP contribution in [0.2, 0.25) is 0 Å². The van der Waals surface area contributed by atoms with Crippen molar-refractivity contribution in [3.8, 4) is 5.75 Å². The van der Waals surface area contributed by atoms with Crippen molar-refractivity contribution in [1.29, 1.82) is 0 Å². The first kappa shape index (κ1) is 11.7. The maximum absolute atomic E-state index is 12.1. The SMILES string of the molecule is O/C(=C\c1nc2cc(O)ccc2s1)C(F)(F)F. The zero-order chi connectivity index (χ0) is 12.6. The van der Waals surface area contributed by atoms with Crippen LogP contribution >= 0.6 is 11.3 Å². The molecule has 2 aromatic rings. The van der Waals surface area contributed by atoms with Crippen LogP contribution < -0.4 is 0 Å². The Bertz CT molecular complexity index is 589. The smallest absolute Gasteiger partial charge is 0.448 e. The number of allylic oxidation sites excluding steroid dienone is 1. The molecule has 17 heavy (non-hydrogen) atoms. The van der Waals surface area contributed by atoms with Gasteiger partial charge in [-0.1, -0.05) is 0 Å². The van der Waals surface area contributed by atoms with Gasteiger partial charge in [-0.05, 0) is 12.1 Å². The summed E-state index contributed by atoms with van der Waals surface area (Å²) in [6.45, 7) is 0. The number of hydrogen-bond acceptors (Lipinski definition) is 4. The Morgan fingerprint density at radius 1 is 1.35 bits per heavy atom. The summed E-state index contributed by atoms with van der Waals surface area (Å²) in [5.41, 5.74) is 0.385. The summed E-state index contributed by atoms with van der Waals surface area (Å²) < 4.78 is 36.8. The fourth-order valence-corrected chi connectivity index (χ4v) is 2.08. The molecule has 1 aromatic heterocycles. The van der Waals surface area contributed by atoms with Crippen LogP contribution in [0.25, 0.3) is 16.3 Å². The summed E-state index contributed by atoms with van der Waals surface area (Å²) >= 11 is 0.992. The standard InChI is InChI=1S/C10H6F3NO2S/c11-10(12,13)8(16)4-9-14-6-3-5(15)1-2-7(6)17-9/h1-4,15-16H/b8-4-. The van der Waals surface area contributed by atoms with Crippen molar-refractivity contribution in [2.75, 3.05) is 0 Å². The van der Waals surface area contributed by atoms with E-state index in [9.17, 15) is 18.3 Å². The molecule has 0 aliphatic carbocycles. The van der Waals surface area contributed by atoms with E-state index in [-0.39, 0.29) is 10.8 Å². The average Bonchev–Trinajstić information content (AvgIpc) is 2.57. The Hall–Kier alpha value is -1.76. The van der Waals surface area contributed by atoms with E-state index >= 15 is 0 Å². The number of phenolic OH excluding ortho intramolecular Hbond substituents is 1. The van der Waals surface area contributed by atoms with Crippen molar-refractivity contribution in [1.82, 2.24) is 4.98 Å². The highest BCUT2D eigenvalue weighted by atomic mass is 32.1. The number of fused-ring (bicyclic) bond motifs is 1. The molecule has 0 fully saturated rings. The third-order valence-electron chi connectivity index (χ3n) is 1.94. The average molecular weight is 261 g/mol. The normalized spacial score (nSPS) is 13.2. The van der Waals surface area contributed by atoms with Crippen LogP contribution in [0.15, 0.2) is 24.0 Å². The van der Waals surface area contributed by atoms with E-state index < -0.39 is 11.9 Å². The van der Waals surface area contributed by atoms with Crippen LogP contribution in [0, 0.1) is 0 Å². The van der Waals surface area contributed by atoms with Gasteiger partial charge in [-0.15, -0.1) is 11.3 Å². The minimum Gasteiger partial charge on any atom is -0.508 e. The van der Waals surface area contributed by atoms with Crippen LogP contribution in [-0.2, 0) is 0 Å². The highest BCUT2D eigenvalue weighted by Gasteiger charge is 2.33. The van der Waals surface area contributed by atoms with Crippen LogP contribution in [0.5, 0.6) is 5.75 Å². The Kier molecular flexibility index (Phi) is 2.70. The van der Waals surface area contributed by atoms with Gasteiger partial charge in [0.05, 0.1) is 10.2 Å². The van der Waals surface area contributed by atoms with Gasteiger partial charge in [-0.3, -0.25) is 0 Å². The number of aliphatic hydroxyl groups excluding tert-OH is 1. The number of rotatable bonds is 1. The maximum atomic E-state index is 12.1. The first-order valence-electron chi connectivity index (χ1n) is 4.44. The molecule has 0 saturated carbocycles. The van der Waals surface area contributed by atoms with E-state index in [0.717, 1.165) is 11.3 Å². The molecule has 1 aromatic carbocycles. The molecule has 0 amide bonds. The Balaban J connectivity index is 2.44. The first-order chi connectivity index (χ1) is 7.86. The summed E-state index contributed by atoms with van der Waals surface area (Å²) in [6, 6.07) is 4.30. The van der Waals surface area contributed by atoms with Gasteiger partial charge < -0.3 is 10.2 Å². The highest BCUT2D eigenvalue weighted by molar-refractivity contribution is 7.19. The number of aromatic hydroxyl groups is 1. The molecule has 2 rings (SSSR count). The number of aliphatic hydroxyl groups is 1. The molecule has 7 heteroatoms. The lowest BCUT2D eigenvalue weighted by Gasteiger charge is -2.02. The Labute approximate surface area is 97.5 Å². The minimum absolute atomic E-state index is 0.0154. The molecular weight excluding hydrogens is 255 g/mol. The van der Waals surface area contributed by atoms with Gasteiger partial charge in [0, 0.05) is 12.1 Å². The van der Waals surface area contributed by atoms with Crippen LogP contribution in [0.3, 0.4) is 0 Å². The Morgan fingerprint density at radius 2 is 2.06 bits per heavy atom. The molecule has 0 atom stereocenters. The predicted octanol–water partition coefficient (Wildman–Crippen LogP) is 3.46. The van der Waals surface area contributed by atoms with Gasteiger partial charge in [-0.2, -0.15) is 13.2 Å². The summed E-state index contributed by atoms with van der Waals surface area (Å²) in [7, 11) is 0. The third-order valence-corrected chi connectivity index (χ3v) is 2.92. The molecule has 0 aliphatic heterocycles. The zero-order valence-electron chi connectivity index (χ0n) is 8.19. The quantitative estimate of drug-likeness (QED) is 0.773. The van der Waals surface area contributed by atoms with Crippen molar-refractivity contribution in [2.24, 2.45) is 0 Å². The number of aromatic nitrogens is 1. The van der Waals surface area contributed by atoms with Crippen molar-refractivity contribution in [3.63, 3.8) is 0 Å². The largest absolute Gasteiger partial charge is 0.508 e. The predicted molar refractivity (Wildman–Crippen MR) is 57.9 cm³/mol. The van der Waals surface area contributed by atoms with Gasteiger partial charge in [0.25, 0.3) is 0 Å². The number of thiazole rings is 1. The lowest BCUT2D eigenvalue weighted by Crippen LogP contribution is -2.10. The minimum atomic E-state index is -4.78. The van der Waals surface area contributed by atoms with Crippen molar-refractivity contribution in [2.45, 2.75) is 6.18 Å². The highest BCUT2D eigenvalue weighted by Crippen LogP contribution is 2.29. The molecular formula is C10H6F3NO2S. The monoisotopic (exact) mass is 261 g/mol. The molecule has 0 bridgehead atoms. The zero-order valence-corrected chi connectivity index (χ0v) is 9.01. The maximum Gasteiger partial charge on any atom is 0.448 e. The number of phenols is 1. The molecule has 0 saturated heterocycles. The van der Waals surface area contributed by atoms with Gasteiger partial charge in [0.1, 0.15) is 10.8 Å². The summed E-state index contributed by atoms with van der Waals surface area (Å²) in [4.78, 5) is 3.85. The van der Waals surface area contributed by atoms with E-state index in [1.807, 2.05) is 0 Å². The van der Waals surface area contributed by atoms with Crippen LogP contribution in [0.4, 0.5) is 13.2 Å². The molecule has 0 unspecified atom stereocenters. The molecule has 3 nitrogen and oxygen atoms in total. The molecule has 0 radical (unpaired) electrons. The van der Waals surface area contributed by atoms with E-state index in [1.54, 1.807) is 6.07 Å². The van der Waals surface area contributed by atoms with E-state index in [4.69, 9.17) is 5.11 Å². The second kappa shape index (κ2) is 3.92.